The Morgan fingerprint density at radius 3 is 2.00 bits per heavy atom. The number of nitrogen functional groups attached to an aromatic ring is 1. The monoisotopic (exact) mass is 329 g/mol. The molecule has 0 heterocycles. The second-order valence-electron chi connectivity index (χ2n) is 2.16. The molecule has 0 radical (unpaired) electrons. The first-order chi connectivity index (χ1) is 5.52. The topological polar surface area (TPSA) is 63.3 Å². The highest BCUT2D eigenvalue weighted by atomic mass is 79.9. The van der Waals surface area contributed by atoms with Crippen molar-refractivity contribution in [1.82, 2.24) is 0 Å². The second kappa shape index (κ2) is 4.83. The minimum absolute atomic E-state index is 0. The molecule has 0 aromatic heterocycles. The summed E-state index contributed by atoms with van der Waals surface area (Å²) in [5.74, 6) is -0.976. The van der Waals surface area contributed by atoms with Crippen molar-refractivity contribution in [2.45, 2.75) is 0 Å². The van der Waals surface area contributed by atoms with Crippen molar-refractivity contribution < 1.29 is 9.90 Å². The number of carboxylic acid groups (broad SMARTS) is 1. The summed E-state index contributed by atoms with van der Waals surface area (Å²) < 4.78 is 1.16. The van der Waals surface area contributed by atoms with Gasteiger partial charge in [-0.2, -0.15) is 0 Å². The van der Waals surface area contributed by atoms with Gasteiger partial charge in [0.2, 0.25) is 0 Å². The number of benzene rings is 1. The SMILES string of the molecule is Cl.Nc1c(Br)cc(C(=O)O)cc1Br. The fourth-order valence-corrected chi connectivity index (χ4v) is 1.89. The Labute approximate surface area is 98.0 Å². The first kappa shape index (κ1) is 12.7. The standard InChI is InChI=1S/C7H5Br2NO2.ClH/c8-4-1-3(7(11)12)2-5(9)6(4)10;/h1-2H,10H2,(H,11,12);1H. The molecule has 0 amide bonds. The van der Waals surface area contributed by atoms with E-state index in [1.807, 2.05) is 0 Å². The van der Waals surface area contributed by atoms with E-state index in [0.29, 0.717) is 14.6 Å². The summed E-state index contributed by atoms with van der Waals surface area (Å²) >= 11 is 6.29. The van der Waals surface area contributed by atoms with Crippen molar-refractivity contribution in [3.63, 3.8) is 0 Å². The normalized spacial score (nSPS) is 9.08. The first-order valence-electron chi connectivity index (χ1n) is 3.00. The van der Waals surface area contributed by atoms with E-state index in [2.05, 4.69) is 31.9 Å². The van der Waals surface area contributed by atoms with E-state index >= 15 is 0 Å². The number of carbonyl (C=O) groups is 1. The van der Waals surface area contributed by atoms with Gasteiger partial charge in [-0.15, -0.1) is 12.4 Å². The third-order valence-electron chi connectivity index (χ3n) is 1.33. The minimum Gasteiger partial charge on any atom is -0.478 e. The van der Waals surface area contributed by atoms with Crippen LogP contribution in [0.25, 0.3) is 0 Å². The summed E-state index contributed by atoms with van der Waals surface area (Å²) in [7, 11) is 0. The molecule has 0 fully saturated rings. The van der Waals surface area contributed by atoms with Crippen LogP contribution in [0.5, 0.6) is 0 Å². The van der Waals surface area contributed by atoms with Gasteiger partial charge in [0.1, 0.15) is 0 Å². The maximum atomic E-state index is 10.5. The zero-order valence-corrected chi connectivity index (χ0v) is 10.2. The summed E-state index contributed by atoms with van der Waals surface area (Å²) in [6, 6.07) is 2.92. The number of carboxylic acids is 1. The van der Waals surface area contributed by atoms with Crippen LogP contribution in [0, 0.1) is 0 Å². The molecule has 0 atom stereocenters. The molecule has 0 saturated carbocycles. The van der Waals surface area contributed by atoms with E-state index in [1.54, 1.807) is 0 Å². The van der Waals surface area contributed by atoms with Crippen LogP contribution in [0.4, 0.5) is 5.69 Å². The Morgan fingerprint density at radius 2 is 1.69 bits per heavy atom. The lowest BCUT2D eigenvalue weighted by Crippen LogP contribution is -1.98. The molecule has 0 aliphatic rings. The predicted octanol–water partition coefficient (Wildman–Crippen LogP) is 2.91. The van der Waals surface area contributed by atoms with Crippen LogP contribution < -0.4 is 5.73 Å². The van der Waals surface area contributed by atoms with Crippen LogP contribution in [0.15, 0.2) is 21.1 Å². The molecule has 1 rings (SSSR count). The fourth-order valence-electron chi connectivity index (χ4n) is 0.708. The number of anilines is 1. The molecule has 13 heavy (non-hydrogen) atoms. The van der Waals surface area contributed by atoms with Crippen LogP contribution in [0.1, 0.15) is 10.4 Å². The molecule has 72 valence electrons. The van der Waals surface area contributed by atoms with Crippen molar-refractivity contribution in [3.05, 3.63) is 26.6 Å². The first-order valence-corrected chi connectivity index (χ1v) is 4.59. The minimum atomic E-state index is -0.976. The summed E-state index contributed by atoms with van der Waals surface area (Å²) in [4.78, 5) is 10.5. The van der Waals surface area contributed by atoms with Gasteiger partial charge in [-0.25, -0.2) is 4.79 Å². The zero-order chi connectivity index (χ0) is 9.30. The number of hydrogen-bond donors (Lipinski definition) is 2. The largest absolute Gasteiger partial charge is 0.478 e. The van der Waals surface area contributed by atoms with Gasteiger partial charge in [0.05, 0.1) is 11.3 Å². The zero-order valence-electron chi connectivity index (χ0n) is 6.25. The lowest BCUT2D eigenvalue weighted by atomic mass is 10.2. The number of hydrogen-bond acceptors (Lipinski definition) is 2. The summed E-state index contributed by atoms with van der Waals surface area (Å²) in [5, 5.41) is 8.64. The molecule has 6 heteroatoms. The quantitative estimate of drug-likeness (QED) is 0.778. The van der Waals surface area contributed by atoms with Crippen LogP contribution in [0.2, 0.25) is 0 Å². The molecule has 0 unspecified atom stereocenters. The maximum Gasteiger partial charge on any atom is 0.335 e. The van der Waals surface area contributed by atoms with Crippen LogP contribution in [-0.2, 0) is 0 Å². The highest BCUT2D eigenvalue weighted by Crippen LogP contribution is 2.29. The second-order valence-corrected chi connectivity index (χ2v) is 3.87. The maximum absolute atomic E-state index is 10.5. The van der Waals surface area contributed by atoms with Gasteiger partial charge in [-0.1, -0.05) is 0 Å². The van der Waals surface area contributed by atoms with E-state index in [0.717, 1.165) is 0 Å². The molecule has 0 spiro atoms. The van der Waals surface area contributed by atoms with Crippen LogP contribution in [0.3, 0.4) is 0 Å². The van der Waals surface area contributed by atoms with Gasteiger partial charge in [0, 0.05) is 8.95 Å². The molecular weight excluding hydrogens is 325 g/mol. The highest BCUT2D eigenvalue weighted by molar-refractivity contribution is 9.11. The van der Waals surface area contributed by atoms with Crippen molar-refractivity contribution in [2.75, 3.05) is 5.73 Å². The molecule has 1 aromatic carbocycles. The number of nitrogens with two attached hydrogens (primary N) is 1. The van der Waals surface area contributed by atoms with Crippen molar-refractivity contribution in [3.8, 4) is 0 Å². The number of aromatic carboxylic acids is 1. The van der Waals surface area contributed by atoms with E-state index in [1.165, 1.54) is 12.1 Å². The lowest BCUT2D eigenvalue weighted by molar-refractivity contribution is 0.0697. The predicted molar refractivity (Wildman–Crippen MR) is 60.5 cm³/mol. The van der Waals surface area contributed by atoms with Crippen molar-refractivity contribution in [1.29, 1.82) is 0 Å². The Kier molecular flexibility index (Phi) is 4.74. The van der Waals surface area contributed by atoms with E-state index < -0.39 is 5.97 Å². The van der Waals surface area contributed by atoms with Gasteiger partial charge in [-0.3, -0.25) is 0 Å². The Morgan fingerprint density at radius 1 is 1.31 bits per heavy atom. The van der Waals surface area contributed by atoms with Gasteiger partial charge < -0.3 is 10.8 Å². The van der Waals surface area contributed by atoms with Gasteiger partial charge in [-0.05, 0) is 44.0 Å². The number of halogens is 3. The highest BCUT2D eigenvalue weighted by Gasteiger charge is 2.08. The summed E-state index contributed by atoms with van der Waals surface area (Å²) in [5.41, 5.74) is 6.26. The molecule has 0 aliphatic carbocycles. The molecular formula is C7H6Br2ClNO2. The lowest BCUT2D eigenvalue weighted by Gasteiger charge is -2.02. The van der Waals surface area contributed by atoms with Gasteiger partial charge >= 0.3 is 5.97 Å². The summed E-state index contributed by atoms with van der Waals surface area (Å²) in [6.07, 6.45) is 0. The smallest absolute Gasteiger partial charge is 0.335 e. The number of rotatable bonds is 1. The molecule has 0 saturated heterocycles. The molecule has 3 N–H and O–H groups in total. The Bertz CT molecular complexity index is 320. The van der Waals surface area contributed by atoms with Crippen molar-refractivity contribution >= 4 is 55.9 Å². The average Bonchev–Trinajstić information content (AvgIpc) is 1.99. The van der Waals surface area contributed by atoms with Crippen LogP contribution in [-0.4, -0.2) is 11.1 Å². The van der Waals surface area contributed by atoms with Crippen molar-refractivity contribution in [2.24, 2.45) is 0 Å². The van der Waals surface area contributed by atoms with Gasteiger partial charge in [0.15, 0.2) is 0 Å². The molecule has 0 aliphatic heterocycles. The third kappa shape index (κ3) is 2.86. The molecule has 1 aromatic rings. The molecule has 3 nitrogen and oxygen atoms in total. The fraction of sp³-hybridized carbons (Fsp3) is 0. The molecule has 0 bridgehead atoms. The third-order valence-corrected chi connectivity index (χ3v) is 2.64. The van der Waals surface area contributed by atoms with E-state index in [9.17, 15) is 4.79 Å². The summed E-state index contributed by atoms with van der Waals surface area (Å²) in [6.45, 7) is 0. The van der Waals surface area contributed by atoms with E-state index in [-0.39, 0.29) is 18.0 Å². The Hall–Kier alpha value is -0.260. The van der Waals surface area contributed by atoms with Gasteiger partial charge in [0.25, 0.3) is 0 Å². The Balaban J connectivity index is 0.00000144. The van der Waals surface area contributed by atoms with E-state index in [4.69, 9.17) is 10.8 Å². The average molecular weight is 331 g/mol. The van der Waals surface area contributed by atoms with Crippen LogP contribution >= 0.6 is 44.3 Å².